The van der Waals surface area contributed by atoms with E-state index in [4.69, 9.17) is 0 Å². The number of aromatic amines is 1. The lowest BCUT2D eigenvalue weighted by Gasteiger charge is -2.27. The molecule has 2 aromatic heterocycles. The Bertz CT molecular complexity index is 1770. The Morgan fingerprint density at radius 3 is 2.38 bits per heavy atom. The number of aliphatic hydroxyl groups excluding tert-OH is 1. The Labute approximate surface area is 290 Å². The van der Waals surface area contributed by atoms with Crippen LogP contribution in [0.5, 0.6) is 0 Å². The van der Waals surface area contributed by atoms with Crippen LogP contribution >= 0.6 is 11.8 Å². The van der Waals surface area contributed by atoms with Crippen LogP contribution in [-0.2, 0) is 30.4 Å². The summed E-state index contributed by atoms with van der Waals surface area (Å²) in [6, 6.07) is 1.32. The molecule has 0 spiro atoms. The van der Waals surface area contributed by atoms with Gasteiger partial charge in [0.15, 0.2) is 5.82 Å². The molecule has 268 valence electrons. The number of fused-ring (bicyclic) bond motifs is 3. The molecule has 0 unspecified atom stereocenters. The fourth-order valence-corrected chi connectivity index (χ4v) is 6.46. The van der Waals surface area contributed by atoms with Crippen molar-refractivity contribution in [3.63, 3.8) is 0 Å². The molecule has 0 saturated heterocycles. The maximum absolute atomic E-state index is 14.6. The van der Waals surface area contributed by atoms with Crippen molar-refractivity contribution in [1.29, 1.82) is 0 Å². The molecule has 5 amide bonds. The van der Waals surface area contributed by atoms with Crippen LogP contribution in [0.3, 0.4) is 0 Å². The Kier molecular flexibility index (Phi) is 12.5. The minimum Gasteiger partial charge on any atom is -0.480 e. The number of thioether (sulfide) groups is 1. The Balaban J connectivity index is 1.81. The lowest BCUT2D eigenvalue weighted by molar-refractivity contribution is -0.142. The van der Waals surface area contributed by atoms with E-state index in [-0.39, 0.29) is 30.1 Å². The first kappa shape index (κ1) is 37.8. The molecular weight excluding hydrogens is 673 g/mol. The number of aromatic nitrogens is 2. The second-order valence-corrected chi connectivity index (χ2v) is 13.5. The zero-order valence-corrected chi connectivity index (χ0v) is 28.6. The molecule has 0 aliphatic carbocycles. The number of nitrogens with one attached hydrogen (secondary N) is 6. The number of pyridine rings is 1. The molecule has 1 aliphatic rings. The van der Waals surface area contributed by atoms with Crippen molar-refractivity contribution in [3.05, 3.63) is 59.7 Å². The summed E-state index contributed by atoms with van der Waals surface area (Å²) in [5.41, 5.74) is 0.762. The van der Waals surface area contributed by atoms with Gasteiger partial charge in [0.25, 0.3) is 5.91 Å². The molecule has 3 heterocycles. The number of carbonyl (C=O) groups excluding carboxylic acids is 5. The summed E-state index contributed by atoms with van der Waals surface area (Å²) in [5.74, 6) is -6.92. The van der Waals surface area contributed by atoms with E-state index in [0.29, 0.717) is 21.5 Å². The fourth-order valence-electron chi connectivity index (χ4n) is 5.35. The van der Waals surface area contributed by atoms with Crippen LogP contribution in [-0.4, -0.2) is 97.8 Å². The number of carboxylic acid groups (broad SMARTS) is 1. The molecule has 1 aromatic carbocycles. The van der Waals surface area contributed by atoms with Gasteiger partial charge in [-0.3, -0.25) is 29.0 Å². The molecule has 50 heavy (non-hydrogen) atoms. The second-order valence-electron chi connectivity index (χ2n) is 12.4. The smallest absolute Gasteiger partial charge is 0.327 e. The lowest BCUT2D eigenvalue weighted by atomic mass is 10.00. The topological polar surface area (TPSA) is 232 Å². The lowest BCUT2D eigenvalue weighted by Crippen LogP contribution is -2.60. The first-order valence-electron chi connectivity index (χ1n) is 15.9. The molecule has 17 heteroatoms. The molecule has 0 radical (unpaired) electrons. The largest absolute Gasteiger partial charge is 0.480 e. The molecular formula is C33H40FN7O8S. The van der Waals surface area contributed by atoms with Crippen molar-refractivity contribution in [3.8, 4) is 0 Å². The Morgan fingerprint density at radius 1 is 1.00 bits per heavy atom. The maximum atomic E-state index is 14.6. The average molecular weight is 714 g/mol. The molecule has 0 saturated carbocycles. The zero-order valence-electron chi connectivity index (χ0n) is 27.8. The standard InChI is InChI=1S/C33H40FN7O8S/c1-15(2)11-23-29(45)36-16(3)27(43)41-26(17(4)42)31(47)39-25(33(48)49)14-50-32-20(18-7-5-6-8-22(18)40-32)12-24(30(46)38-23)37-28(44)19-9-10-35-13-21(19)34/h5-10,13,15-17,23-26,40,42H,11-12,14H2,1-4H3,(H,36,45)(H,37,44)(H,38,46)(H,39,47)(H,41,43)(H,48,49)/t16-,17-,23+,24+,25+,26+/m1/s1. The van der Waals surface area contributed by atoms with E-state index in [2.05, 4.69) is 36.6 Å². The van der Waals surface area contributed by atoms with Crippen molar-refractivity contribution < 1.29 is 43.4 Å². The van der Waals surface area contributed by atoms with Crippen molar-refractivity contribution >= 4 is 58.2 Å². The van der Waals surface area contributed by atoms with E-state index in [0.717, 1.165) is 24.0 Å². The summed E-state index contributed by atoms with van der Waals surface area (Å²) >= 11 is 1.02. The van der Waals surface area contributed by atoms with Crippen molar-refractivity contribution in [2.75, 3.05) is 5.75 Å². The first-order valence-corrected chi connectivity index (χ1v) is 16.9. The van der Waals surface area contributed by atoms with Crippen molar-refractivity contribution in [2.45, 2.75) is 81.9 Å². The van der Waals surface area contributed by atoms with Crippen LogP contribution in [0.15, 0.2) is 47.8 Å². The minimum atomic E-state index is -1.56. The number of carboxylic acids is 1. The first-order chi connectivity index (χ1) is 23.7. The van der Waals surface area contributed by atoms with Gasteiger partial charge >= 0.3 is 5.97 Å². The van der Waals surface area contributed by atoms with Gasteiger partial charge in [-0.25, -0.2) is 9.18 Å². The molecule has 4 rings (SSSR count). The highest BCUT2D eigenvalue weighted by molar-refractivity contribution is 7.99. The van der Waals surface area contributed by atoms with Gasteiger partial charge < -0.3 is 41.8 Å². The van der Waals surface area contributed by atoms with Gasteiger partial charge in [-0.1, -0.05) is 32.0 Å². The van der Waals surface area contributed by atoms with Gasteiger partial charge in [0.1, 0.15) is 30.2 Å². The van der Waals surface area contributed by atoms with Crippen LogP contribution in [0.25, 0.3) is 10.9 Å². The molecule has 0 bridgehead atoms. The third-order valence-corrected chi connectivity index (χ3v) is 9.12. The average Bonchev–Trinajstić information content (AvgIpc) is 3.40. The summed E-state index contributed by atoms with van der Waals surface area (Å²) in [6.45, 7) is 6.21. The van der Waals surface area contributed by atoms with Gasteiger partial charge in [-0.05, 0) is 43.9 Å². The van der Waals surface area contributed by atoms with E-state index in [1.165, 1.54) is 20.0 Å². The molecule has 3 aromatic rings. The van der Waals surface area contributed by atoms with E-state index >= 15 is 0 Å². The summed E-state index contributed by atoms with van der Waals surface area (Å²) in [4.78, 5) is 86.3. The number of hydrogen-bond acceptors (Lipinski definition) is 9. The van der Waals surface area contributed by atoms with Crippen LogP contribution in [0.1, 0.15) is 50.0 Å². The second kappa shape index (κ2) is 16.6. The highest BCUT2D eigenvalue weighted by Gasteiger charge is 2.34. The quantitative estimate of drug-likeness (QED) is 0.177. The summed E-state index contributed by atoms with van der Waals surface area (Å²) in [6.07, 6.45) is 0.594. The number of carbonyl (C=O) groups is 6. The third kappa shape index (κ3) is 9.35. The summed E-state index contributed by atoms with van der Waals surface area (Å²) < 4.78 is 14.6. The van der Waals surface area contributed by atoms with Crippen LogP contribution in [0, 0.1) is 11.7 Å². The number of benzene rings is 1. The van der Waals surface area contributed by atoms with Gasteiger partial charge in [0.2, 0.25) is 23.6 Å². The number of aliphatic hydroxyl groups is 1. The van der Waals surface area contributed by atoms with E-state index < -0.39 is 77.6 Å². The minimum absolute atomic E-state index is 0.117. The van der Waals surface area contributed by atoms with Gasteiger partial charge in [-0.2, -0.15) is 0 Å². The monoisotopic (exact) mass is 713 g/mol. The van der Waals surface area contributed by atoms with E-state index in [1.807, 2.05) is 13.8 Å². The molecule has 8 N–H and O–H groups in total. The number of halogens is 1. The number of amides is 5. The van der Waals surface area contributed by atoms with Gasteiger partial charge in [-0.15, -0.1) is 11.8 Å². The van der Waals surface area contributed by atoms with Crippen LogP contribution < -0.4 is 26.6 Å². The number of aliphatic carboxylic acids is 1. The summed E-state index contributed by atoms with van der Waals surface area (Å²) in [5, 5.41) is 33.8. The van der Waals surface area contributed by atoms with Crippen LogP contribution in [0.2, 0.25) is 0 Å². The molecule has 0 fully saturated rings. The predicted octanol–water partition coefficient (Wildman–Crippen LogP) is 0.619. The van der Waals surface area contributed by atoms with Crippen molar-refractivity contribution in [2.24, 2.45) is 5.92 Å². The maximum Gasteiger partial charge on any atom is 0.327 e. The number of hydrogen-bond donors (Lipinski definition) is 8. The van der Waals surface area contributed by atoms with Gasteiger partial charge in [0, 0.05) is 29.3 Å². The predicted molar refractivity (Wildman–Crippen MR) is 180 cm³/mol. The number of nitrogens with zero attached hydrogens (tertiary/aromatic N) is 1. The Morgan fingerprint density at radius 2 is 1.72 bits per heavy atom. The zero-order chi connectivity index (χ0) is 36.7. The van der Waals surface area contributed by atoms with E-state index in [9.17, 15) is 43.4 Å². The SMILES string of the molecule is CC(C)C[C@@H]1NC(=O)[C@@H](NC(=O)c2ccncc2F)Cc2c([nH]c3ccccc23)SC[C@@H](C(=O)O)NC(=O)[C@H]([C@@H](C)O)NC(=O)[C@@H](C)NC1=O. The molecule has 6 atom stereocenters. The van der Waals surface area contributed by atoms with E-state index in [1.54, 1.807) is 24.3 Å². The van der Waals surface area contributed by atoms with Crippen molar-refractivity contribution in [1.82, 2.24) is 36.6 Å². The fraction of sp³-hybridized carbons (Fsp3) is 0.424. The molecule has 15 nitrogen and oxygen atoms in total. The highest BCUT2D eigenvalue weighted by Crippen LogP contribution is 2.31. The summed E-state index contributed by atoms with van der Waals surface area (Å²) in [7, 11) is 0. The third-order valence-electron chi connectivity index (χ3n) is 7.99. The molecule has 1 aliphatic heterocycles. The normalized spacial score (nSPS) is 23.4. The number of H-pyrrole nitrogens is 1. The number of rotatable bonds is 6. The number of para-hydroxylation sites is 1. The highest BCUT2D eigenvalue weighted by atomic mass is 32.2. The Hall–Kier alpha value is -5.03. The van der Waals surface area contributed by atoms with Gasteiger partial charge in [0.05, 0.1) is 22.9 Å². The van der Waals surface area contributed by atoms with Crippen LogP contribution in [0.4, 0.5) is 4.39 Å².